The highest BCUT2D eigenvalue weighted by Gasteiger charge is 2.19. The van der Waals surface area contributed by atoms with Crippen LogP contribution < -0.4 is 10.6 Å². The van der Waals surface area contributed by atoms with Crippen LogP contribution in [0.2, 0.25) is 0 Å². The Morgan fingerprint density at radius 1 is 1.50 bits per heavy atom. The number of nitrogens with two attached hydrogens (primary N) is 1. The van der Waals surface area contributed by atoms with Gasteiger partial charge in [0.05, 0.1) is 0 Å². The molecule has 0 spiro atoms. The summed E-state index contributed by atoms with van der Waals surface area (Å²) in [5, 5.41) is 0. The fourth-order valence-corrected chi connectivity index (χ4v) is 2.93. The van der Waals surface area contributed by atoms with Gasteiger partial charge in [0.2, 0.25) is 0 Å². The Labute approximate surface area is 98.3 Å². The number of hydrogen-bond acceptors (Lipinski definition) is 4. The third-order valence-corrected chi connectivity index (χ3v) is 4.06. The lowest BCUT2D eigenvalue weighted by atomic mass is 10.1. The summed E-state index contributed by atoms with van der Waals surface area (Å²) >= 11 is 0. The van der Waals surface area contributed by atoms with E-state index in [1.54, 1.807) is 6.20 Å². The van der Waals surface area contributed by atoms with Gasteiger partial charge in [-0.2, -0.15) is 0 Å². The largest absolute Gasteiger partial charge is 0.355 e. The third-order valence-electron chi connectivity index (χ3n) is 2.78. The van der Waals surface area contributed by atoms with Gasteiger partial charge in [-0.25, -0.2) is 4.98 Å². The molecule has 0 radical (unpaired) electrons. The van der Waals surface area contributed by atoms with Crippen LogP contribution in [-0.2, 0) is 10.8 Å². The average Bonchev–Trinajstić information content (AvgIpc) is 2.30. The van der Waals surface area contributed by atoms with E-state index in [0.29, 0.717) is 0 Å². The van der Waals surface area contributed by atoms with Crippen LogP contribution in [0.3, 0.4) is 0 Å². The number of hydrogen-bond donors (Lipinski definition) is 1. The maximum absolute atomic E-state index is 11.3. The molecule has 1 aromatic rings. The van der Waals surface area contributed by atoms with E-state index in [1.807, 2.05) is 19.1 Å². The van der Waals surface area contributed by atoms with Gasteiger partial charge in [0, 0.05) is 53.2 Å². The van der Waals surface area contributed by atoms with Crippen molar-refractivity contribution >= 4 is 16.6 Å². The molecule has 88 valence electrons. The van der Waals surface area contributed by atoms with E-state index < -0.39 is 10.8 Å². The maximum atomic E-state index is 11.3. The highest BCUT2D eigenvalue weighted by molar-refractivity contribution is 7.85. The number of aromatic nitrogens is 1. The monoisotopic (exact) mass is 239 g/mol. The van der Waals surface area contributed by atoms with Crippen LogP contribution in [0.5, 0.6) is 0 Å². The molecule has 5 heteroatoms. The van der Waals surface area contributed by atoms with Gasteiger partial charge < -0.3 is 10.6 Å². The molecule has 1 aliphatic rings. The summed E-state index contributed by atoms with van der Waals surface area (Å²) in [5.74, 6) is 2.42. The smallest absolute Gasteiger partial charge is 0.133 e. The minimum absolute atomic E-state index is 0.0175. The van der Waals surface area contributed by atoms with Crippen molar-refractivity contribution in [2.75, 3.05) is 29.5 Å². The zero-order valence-electron chi connectivity index (χ0n) is 9.43. The third kappa shape index (κ3) is 2.41. The van der Waals surface area contributed by atoms with Gasteiger partial charge in [0.25, 0.3) is 0 Å². The Morgan fingerprint density at radius 3 is 2.81 bits per heavy atom. The normalized spacial score (nSPS) is 19.8. The van der Waals surface area contributed by atoms with Crippen LogP contribution in [0.15, 0.2) is 18.3 Å². The van der Waals surface area contributed by atoms with Gasteiger partial charge >= 0.3 is 0 Å². The van der Waals surface area contributed by atoms with Crippen molar-refractivity contribution in [2.45, 2.75) is 13.0 Å². The average molecular weight is 239 g/mol. The first kappa shape index (κ1) is 11.5. The highest BCUT2D eigenvalue weighted by atomic mass is 32.2. The van der Waals surface area contributed by atoms with E-state index in [4.69, 9.17) is 5.73 Å². The minimum Gasteiger partial charge on any atom is -0.355 e. The van der Waals surface area contributed by atoms with Crippen molar-refractivity contribution in [3.8, 4) is 0 Å². The predicted octanol–water partition coefficient (Wildman–Crippen LogP) is 0.670. The molecule has 1 fully saturated rings. The molecular formula is C11H17N3OS. The molecular weight excluding hydrogens is 222 g/mol. The Kier molecular flexibility index (Phi) is 3.56. The molecule has 1 aromatic heterocycles. The SMILES string of the molecule is CC(N)c1cccnc1N1CCS(=O)CC1. The Bertz CT molecular complexity index is 385. The summed E-state index contributed by atoms with van der Waals surface area (Å²) in [6, 6.07) is 3.90. The summed E-state index contributed by atoms with van der Waals surface area (Å²) in [7, 11) is -0.653. The quantitative estimate of drug-likeness (QED) is 0.824. The predicted molar refractivity (Wildman–Crippen MR) is 66.9 cm³/mol. The van der Waals surface area contributed by atoms with Crippen molar-refractivity contribution in [1.82, 2.24) is 4.98 Å². The molecule has 0 amide bonds. The summed E-state index contributed by atoms with van der Waals surface area (Å²) in [4.78, 5) is 6.58. The highest BCUT2D eigenvalue weighted by Crippen LogP contribution is 2.23. The van der Waals surface area contributed by atoms with Gasteiger partial charge in [-0.3, -0.25) is 4.21 Å². The molecule has 1 saturated heterocycles. The Balaban J connectivity index is 2.23. The van der Waals surface area contributed by atoms with Crippen molar-refractivity contribution in [1.29, 1.82) is 0 Å². The number of nitrogens with zero attached hydrogens (tertiary/aromatic N) is 2. The molecule has 0 aliphatic carbocycles. The lowest BCUT2D eigenvalue weighted by molar-refractivity contribution is 0.671. The fourth-order valence-electron chi connectivity index (χ4n) is 1.88. The summed E-state index contributed by atoms with van der Waals surface area (Å²) in [6.07, 6.45) is 1.78. The van der Waals surface area contributed by atoms with E-state index >= 15 is 0 Å². The van der Waals surface area contributed by atoms with Crippen molar-refractivity contribution in [3.63, 3.8) is 0 Å². The number of rotatable bonds is 2. The first-order chi connectivity index (χ1) is 7.68. The van der Waals surface area contributed by atoms with E-state index in [9.17, 15) is 4.21 Å². The van der Waals surface area contributed by atoms with Gasteiger partial charge in [0.15, 0.2) is 0 Å². The zero-order valence-corrected chi connectivity index (χ0v) is 10.2. The molecule has 16 heavy (non-hydrogen) atoms. The summed E-state index contributed by atoms with van der Waals surface area (Å²) < 4.78 is 11.3. The van der Waals surface area contributed by atoms with Gasteiger partial charge in [-0.1, -0.05) is 6.07 Å². The second kappa shape index (κ2) is 4.93. The second-order valence-electron chi connectivity index (χ2n) is 4.04. The number of anilines is 1. The van der Waals surface area contributed by atoms with Crippen LogP contribution in [0.25, 0.3) is 0 Å². The lowest BCUT2D eigenvalue weighted by Gasteiger charge is -2.29. The first-order valence-corrected chi connectivity index (χ1v) is 6.97. The maximum Gasteiger partial charge on any atom is 0.133 e. The van der Waals surface area contributed by atoms with E-state index in [1.165, 1.54) is 0 Å². The first-order valence-electron chi connectivity index (χ1n) is 5.49. The Hall–Kier alpha value is -0.940. The molecule has 1 aliphatic heterocycles. The van der Waals surface area contributed by atoms with E-state index in [-0.39, 0.29) is 6.04 Å². The van der Waals surface area contributed by atoms with Crippen LogP contribution in [0, 0.1) is 0 Å². The zero-order chi connectivity index (χ0) is 11.5. The molecule has 2 heterocycles. The van der Waals surface area contributed by atoms with Crippen LogP contribution in [0.1, 0.15) is 18.5 Å². The topological polar surface area (TPSA) is 59.2 Å². The van der Waals surface area contributed by atoms with Crippen molar-refractivity contribution in [3.05, 3.63) is 23.9 Å². The van der Waals surface area contributed by atoms with Gasteiger partial charge in [-0.05, 0) is 13.0 Å². The van der Waals surface area contributed by atoms with Crippen molar-refractivity contribution < 1.29 is 4.21 Å². The Morgan fingerprint density at radius 2 is 2.19 bits per heavy atom. The molecule has 1 unspecified atom stereocenters. The molecule has 0 saturated carbocycles. The second-order valence-corrected chi connectivity index (χ2v) is 5.74. The van der Waals surface area contributed by atoms with Crippen LogP contribution >= 0.6 is 0 Å². The molecule has 1 atom stereocenters. The molecule has 0 bridgehead atoms. The molecule has 4 nitrogen and oxygen atoms in total. The van der Waals surface area contributed by atoms with E-state index in [2.05, 4.69) is 9.88 Å². The van der Waals surface area contributed by atoms with Crippen molar-refractivity contribution in [2.24, 2.45) is 5.73 Å². The fraction of sp³-hybridized carbons (Fsp3) is 0.545. The standard InChI is InChI=1S/C11H17N3OS/c1-9(12)10-3-2-4-13-11(10)14-5-7-16(15)8-6-14/h2-4,9H,5-8,12H2,1H3. The van der Waals surface area contributed by atoms with Gasteiger partial charge in [-0.15, -0.1) is 0 Å². The summed E-state index contributed by atoms with van der Waals surface area (Å²) in [5.41, 5.74) is 6.99. The van der Waals surface area contributed by atoms with Crippen LogP contribution in [0.4, 0.5) is 5.82 Å². The van der Waals surface area contributed by atoms with Gasteiger partial charge in [0.1, 0.15) is 5.82 Å². The molecule has 2 N–H and O–H groups in total. The van der Waals surface area contributed by atoms with Crippen LogP contribution in [-0.4, -0.2) is 33.8 Å². The van der Waals surface area contributed by atoms with E-state index in [0.717, 1.165) is 36.0 Å². The minimum atomic E-state index is -0.653. The molecule has 0 aromatic carbocycles. The lowest BCUT2D eigenvalue weighted by Crippen LogP contribution is -2.39. The molecule has 2 rings (SSSR count). The summed E-state index contributed by atoms with van der Waals surface area (Å²) in [6.45, 7) is 3.58. The number of pyridine rings is 1.